The molecule has 1 saturated heterocycles. The van der Waals surface area contributed by atoms with Gasteiger partial charge in [-0.05, 0) is 64.6 Å². The van der Waals surface area contributed by atoms with E-state index in [1.54, 1.807) is 10.6 Å². The van der Waals surface area contributed by atoms with Gasteiger partial charge in [0.05, 0.1) is 16.9 Å². The van der Waals surface area contributed by atoms with Crippen LogP contribution in [-0.2, 0) is 22.2 Å². The van der Waals surface area contributed by atoms with Gasteiger partial charge in [-0.3, -0.25) is 9.20 Å². The number of hydrogen-bond donors (Lipinski definition) is 0. The van der Waals surface area contributed by atoms with Gasteiger partial charge in [0.15, 0.2) is 0 Å². The monoisotopic (exact) mass is 312 g/mol. The second-order valence-corrected chi connectivity index (χ2v) is 7.47. The van der Waals surface area contributed by atoms with Gasteiger partial charge in [-0.1, -0.05) is 0 Å². The van der Waals surface area contributed by atoms with Crippen molar-refractivity contribution in [2.75, 3.05) is 0 Å². The molecule has 0 aromatic carbocycles. The molecule has 0 atom stereocenters. The van der Waals surface area contributed by atoms with Crippen molar-refractivity contribution in [3.8, 4) is 0 Å². The van der Waals surface area contributed by atoms with Crippen LogP contribution in [0.15, 0.2) is 23.1 Å². The van der Waals surface area contributed by atoms with E-state index in [0.717, 1.165) is 36.0 Å². The lowest BCUT2D eigenvalue weighted by Gasteiger charge is -2.32. The number of hydrogen-bond acceptors (Lipinski definition) is 4. The summed E-state index contributed by atoms with van der Waals surface area (Å²) in [6.07, 6.45) is 4.52. The van der Waals surface area contributed by atoms with Crippen LogP contribution in [0.5, 0.6) is 0 Å². The van der Waals surface area contributed by atoms with Gasteiger partial charge in [0.25, 0.3) is 5.56 Å². The Hall–Kier alpha value is -1.66. The van der Waals surface area contributed by atoms with Crippen LogP contribution in [0.25, 0.3) is 5.65 Å². The predicted molar refractivity (Wildman–Crippen MR) is 89.2 cm³/mol. The molecule has 4 rings (SSSR count). The maximum absolute atomic E-state index is 12.5. The number of pyridine rings is 1. The van der Waals surface area contributed by atoms with Crippen LogP contribution >= 0.6 is 0 Å². The Morgan fingerprint density at radius 1 is 1.17 bits per heavy atom. The maximum Gasteiger partial charge on any atom is 0.495 e. The zero-order valence-electron chi connectivity index (χ0n) is 14.0. The Balaban J connectivity index is 1.79. The van der Waals surface area contributed by atoms with Crippen LogP contribution in [0.1, 0.15) is 45.4 Å². The molecule has 0 radical (unpaired) electrons. The lowest BCUT2D eigenvalue weighted by Crippen LogP contribution is -2.41. The molecule has 2 aliphatic rings. The summed E-state index contributed by atoms with van der Waals surface area (Å²) in [7, 11) is -0.435. The minimum atomic E-state index is -0.435. The molecule has 0 bridgehead atoms. The molecule has 120 valence electrons. The number of fused-ring (bicyclic) bond motifs is 2. The van der Waals surface area contributed by atoms with Gasteiger partial charge in [0.1, 0.15) is 5.65 Å². The molecule has 6 heteroatoms. The van der Waals surface area contributed by atoms with Gasteiger partial charge >= 0.3 is 7.12 Å². The Labute approximate surface area is 135 Å². The molecule has 0 N–H and O–H groups in total. The van der Waals surface area contributed by atoms with E-state index < -0.39 is 7.12 Å². The zero-order chi connectivity index (χ0) is 16.4. The second kappa shape index (κ2) is 4.68. The molecule has 1 fully saturated rings. The molecule has 1 aliphatic heterocycles. The van der Waals surface area contributed by atoms with Crippen molar-refractivity contribution in [2.24, 2.45) is 0 Å². The van der Waals surface area contributed by atoms with Crippen LogP contribution in [0.3, 0.4) is 0 Å². The van der Waals surface area contributed by atoms with Crippen LogP contribution in [0.2, 0.25) is 0 Å². The number of nitrogens with zero attached hydrogens (tertiary/aromatic N) is 2. The highest BCUT2D eigenvalue weighted by molar-refractivity contribution is 6.62. The Kier molecular flexibility index (Phi) is 3.03. The van der Waals surface area contributed by atoms with Gasteiger partial charge in [-0.2, -0.15) is 0 Å². The lowest BCUT2D eigenvalue weighted by molar-refractivity contribution is 0.00578. The van der Waals surface area contributed by atoms with Gasteiger partial charge in [-0.15, -0.1) is 0 Å². The van der Waals surface area contributed by atoms with Gasteiger partial charge < -0.3 is 9.31 Å². The maximum atomic E-state index is 12.5. The first kappa shape index (κ1) is 14.9. The van der Waals surface area contributed by atoms with E-state index in [-0.39, 0.29) is 16.8 Å². The first-order valence-electron chi connectivity index (χ1n) is 8.18. The fourth-order valence-corrected chi connectivity index (χ4v) is 3.25. The number of rotatable bonds is 1. The van der Waals surface area contributed by atoms with Crippen molar-refractivity contribution in [2.45, 2.75) is 58.2 Å². The van der Waals surface area contributed by atoms with Crippen molar-refractivity contribution < 1.29 is 9.31 Å². The first-order chi connectivity index (χ1) is 10.8. The summed E-state index contributed by atoms with van der Waals surface area (Å²) in [6.45, 7) is 8.13. The molecule has 0 saturated carbocycles. The van der Waals surface area contributed by atoms with Crippen molar-refractivity contribution in [3.05, 3.63) is 39.9 Å². The zero-order valence-corrected chi connectivity index (χ0v) is 14.0. The topological polar surface area (TPSA) is 52.8 Å². The SMILES string of the molecule is CC1(C)OB(c2ccn3c(=O)c4c(nc3c2)CCC4)OC1(C)C. The fraction of sp³-hybridized carbons (Fsp3) is 0.529. The average Bonchev–Trinajstić information content (AvgIpc) is 3.01. The molecular weight excluding hydrogens is 291 g/mol. The number of aromatic nitrogens is 2. The van der Waals surface area contributed by atoms with Crippen molar-refractivity contribution in [3.63, 3.8) is 0 Å². The Morgan fingerprint density at radius 2 is 1.87 bits per heavy atom. The summed E-state index contributed by atoms with van der Waals surface area (Å²) < 4.78 is 13.8. The highest BCUT2D eigenvalue weighted by atomic mass is 16.7. The Morgan fingerprint density at radius 3 is 2.57 bits per heavy atom. The quantitative estimate of drug-likeness (QED) is 0.749. The largest absolute Gasteiger partial charge is 0.495 e. The molecular formula is C17H21BN2O3. The summed E-state index contributed by atoms with van der Waals surface area (Å²) in [6, 6.07) is 3.79. The predicted octanol–water partition coefficient (Wildman–Crippen LogP) is 1.48. The van der Waals surface area contributed by atoms with Crippen LogP contribution in [0, 0.1) is 0 Å². The van der Waals surface area contributed by atoms with Crippen molar-refractivity contribution >= 4 is 18.2 Å². The van der Waals surface area contributed by atoms with Gasteiger partial charge in [-0.25, -0.2) is 4.98 Å². The summed E-state index contributed by atoms with van der Waals surface area (Å²) in [4.78, 5) is 17.2. The van der Waals surface area contributed by atoms with E-state index in [4.69, 9.17) is 9.31 Å². The smallest absolute Gasteiger partial charge is 0.399 e. The third kappa shape index (κ3) is 2.16. The molecule has 0 spiro atoms. The minimum absolute atomic E-state index is 0.0583. The fourth-order valence-electron chi connectivity index (χ4n) is 3.25. The van der Waals surface area contributed by atoms with Crippen LogP contribution in [-0.4, -0.2) is 27.7 Å². The lowest BCUT2D eigenvalue weighted by atomic mass is 9.80. The standard InChI is InChI=1S/C17H21BN2O3/c1-16(2)17(3,4)23-18(22-16)11-8-9-20-14(10-11)19-13-7-5-6-12(13)15(20)21/h8-10H,5-7H2,1-4H3. The van der Waals surface area contributed by atoms with E-state index >= 15 is 0 Å². The summed E-state index contributed by atoms with van der Waals surface area (Å²) >= 11 is 0. The molecule has 2 aromatic rings. The summed E-state index contributed by atoms with van der Waals surface area (Å²) in [5, 5.41) is 0. The molecule has 23 heavy (non-hydrogen) atoms. The Bertz CT molecular complexity index is 841. The van der Waals surface area contributed by atoms with Gasteiger partial charge in [0, 0.05) is 11.8 Å². The highest BCUT2D eigenvalue weighted by Crippen LogP contribution is 2.36. The molecule has 3 heterocycles. The van der Waals surface area contributed by atoms with E-state index in [2.05, 4.69) is 4.98 Å². The van der Waals surface area contributed by atoms with Crippen molar-refractivity contribution in [1.82, 2.24) is 9.38 Å². The van der Waals surface area contributed by atoms with E-state index in [1.807, 2.05) is 39.8 Å². The highest BCUT2D eigenvalue weighted by Gasteiger charge is 2.51. The van der Waals surface area contributed by atoms with Crippen LogP contribution < -0.4 is 11.0 Å². The van der Waals surface area contributed by atoms with E-state index in [9.17, 15) is 4.79 Å². The molecule has 0 unspecified atom stereocenters. The summed E-state index contributed by atoms with van der Waals surface area (Å²) in [5.41, 5.74) is 2.68. The van der Waals surface area contributed by atoms with Crippen molar-refractivity contribution in [1.29, 1.82) is 0 Å². The third-order valence-electron chi connectivity index (χ3n) is 5.40. The molecule has 1 aliphatic carbocycles. The first-order valence-corrected chi connectivity index (χ1v) is 8.18. The third-order valence-corrected chi connectivity index (χ3v) is 5.40. The number of aryl methyl sites for hydroxylation is 1. The average molecular weight is 312 g/mol. The van der Waals surface area contributed by atoms with E-state index in [0.29, 0.717) is 5.65 Å². The second-order valence-electron chi connectivity index (χ2n) is 7.47. The summed E-state index contributed by atoms with van der Waals surface area (Å²) in [5.74, 6) is 0. The van der Waals surface area contributed by atoms with Crippen LogP contribution in [0.4, 0.5) is 0 Å². The van der Waals surface area contributed by atoms with E-state index in [1.165, 1.54) is 0 Å². The molecule has 5 nitrogen and oxygen atoms in total. The van der Waals surface area contributed by atoms with Gasteiger partial charge in [0.2, 0.25) is 0 Å². The molecule has 0 amide bonds. The normalized spacial score (nSPS) is 21.8. The molecule has 2 aromatic heterocycles. The minimum Gasteiger partial charge on any atom is -0.399 e.